The molecule has 0 aromatic heterocycles. The maximum Gasteiger partial charge on any atom is 0.239 e. The van der Waals surface area contributed by atoms with Gasteiger partial charge in [0.25, 0.3) is 0 Å². The number of carbonyl (C=O) groups excluding carboxylic acids is 1. The zero-order valence-electron chi connectivity index (χ0n) is 11.0. The number of hydrogen-bond donors (Lipinski definition) is 2. The van der Waals surface area contributed by atoms with E-state index in [9.17, 15) is 4.79 Å². The second-order valence-electron chi connectivity index (χ2n) is 4.27. The Hall–Kier alpha value is -0.0700. The maximum absolute atomic E-state index is 11.4. The fourth-order valence-electron chi connectivity index (χ4n) is 0.947. The molecule has 5 nitrogen and oxygen atoms in total. The molecule has 0 saturated heterocycles. The topological polar surface area (TPSA) is 67.6 Å². The van der Waals surface area contributed by atoms with Gasteiger partial charge < -0.3 is 20.7 Å². The standard InChI is InChI=1S/C10H23N3O2.2ClH/c1-10(2,11)9(14)12-5-6-13(3)7-8-15-4;;/h5-8,11H2,1-4H3,(H,12,14);2*1H. The van der Waals surface area contributed by atoms with Gasteiger partial charge in [-0.05, 0) is 20.9 Å². The highest BCUT2D eigenvalue weighted by Gasteiger charge is 2.20. The average molecular weight is 290 g/mol. The largest absolute Gasteiger partial charge is 0.383 e. The minimum Gasteiger partial charge on any atom is -0.383 e. The Labute approximate surface area is 116 Å². The van der Waals surface area contributed by atoms with Gasteiger partial charge in [0.05, 0.1) is 12.1 Å². The Morgan fingerprint density at radius 3 is 2.29 bits per heavy atom. The summed E-state index contributed by atoms with van der Waals surface area (Å²) >= 11 is 0. The van der Waals surface area contributed by atoms with Crippen molar-refractivity contribution in [3.63, 3.8) is 0 Å². The predicted octanol–water partition coefficient (Wildman–Crippen LogP) is 0.262. The zero-order valence-corrected chi connectivity index (χ0v) is 12.6. The summed E-state index contributed by atoms with van der Waals surface area (Å²) in [4.78, 5) is 13.5. The SMILES string of the molecule is COCCN(C)CCNC(=O)C(C)(C)N.Cl.Cl. The summed E-state index contributed by atoms with van der Waals surface area (Å²) < 4.78 is 4.95. The van der Waals surface area contributed by atoms with Gasteiger partial charge in [-0.25, -0.2) is 0 Å². The molecule has 0 unspecified atom stereocenters. The molecule has 0 aliphatic carbocycles. The second kappa shape index (κ2) is 11.0. The van der Waals surface area contributed by atoms with Crippen LogP contribution in [0.5, 0.6) is 0 Å². The minimum atomic E-state index is -0.800. The van der Waals surface area contributed by atoms with Crippen molar-refractivity contribution in [1.29, 1.82) is 0 Å². The van der Waals surface area contributed by atoms with Gasteiger partial charge in [0.1, 0.15) is 0 Å². The number of halogens is 2. The first kappa shape index (κ1) is 22.1. The van der Waals surface area contributed by atoms with E-state index in [0.29, 0.717) is 13.2 Å². The van der Waals surface area contributed by atoms with E-state index < -0.39 is 5.54 Å². The first-order valence-electron chi connectivity index (χ1n) is 5.12. The van der Waals surface area contributed by atoms with Crippen molar-refractivity contribution < 1.29 is 9.53 Å². The van der Waals surface area contributed by atoms with Crippen molar-refractivity contribution in [1.82, 2.24) is 10.2 Å². The summed E-state index contributed by atoms with van der Waals surface area (Å²) in [6.45, 7) is 6.35. The fourth-order valence-corrected chi connectivity index (χ4v) is 0.947. The monoisotopic (exact) mass is 289 g/mol. The van der Waals surface area contributed by atoms with Crippen LogP contribution >= 0.6 is 24.8 Å². The van der Waals surface area contributed by atoms with Crippen molar-refractivity contribution in [3.05, 3.63) is 0 Å². The molecular weight excluding hydrogens is 265 g/mol. The molecule has 0 rings (SSSR count). The lowest BCUT2D eigenvalue weighted by atomic mass is 10.1. The van der Waals surface area contributed by atoms with Crippen LogP contribution in [0.25, 0.3) is 0 Å². The molecule has 17 heavy (non-hydrogen) atoms. The molecule has 0 saturated carbocycles. The summed E-state index contributed by atoms with van der Waals surface area (Å²) in [6, 6.07) is 0. The summed E-state index contributed by atoms with van der Waals surface area (Å²) in [5.74, 6) is -0.123. The van der Waals surface area contributed by atoms with E-state index in [1.54, 1.807) is 21.0 Å². The van der Waals surface area contributed by atoms with Crippen LogP contribution in [-0.4, -0.2) is 56.7 Å². The Balaban J connectivity index is -0.000000980. The molecule has 0 spiro atoms. The number of amides is 1. The molecule has 7 heteroatoms. The van der Waals surface area contributed by atoms with Crippen molar-refractivity contribution in [2.24, 2.45) is 5.73 Å². The van der Waals surface area contributed by atoms with Gasteiger partial charge in [0.15, 0.2) is 0 Å². The van der Waals surface area contributed by atoms with Crippen LogP contribution in [0.15, 0.2) is 0 Å². The zero-order chi connectivity index (χ0) is 11.9. The van der Waals surface area contributed by atoms with Crippen LogP contribution < -0.4 is 11.1 Å². The van der Waals surface area contributed by atoms with E-state index in [2.05, 4.69) is 10.2 Å². The number of carbonyl (C=O) groups is 1. The molecule has 1 amide bonds. The molecule has 0 bridgehead atoms. The molecule has 0 heterocycles. The normalized spacial score (nSPS) is 10.5. The second-order valence-corrected chi connectivity index (χ2v) is 4.27. The molecule has 0 aliphatic heterocycles. The Morgan fingerprint density at radius 2 is 1.88 bits per heavy atom. The summed E-state index contributed by atoms with van der Waals surface area (Å²) in [5, 5.41) is 2.78. The lowest BCUT2D eigenvalue weighted by Crippen LogP contribution is -2.50. The van der Waals surface area contributed by atoms with Gasteiger partial charge in [-0.3, -0.25) is 4.79 Å². The van der Waals surface area contributed by atoms with Crippen molar-refractivity contribution in [2.45, 2.75) is 19.4 Å². The number of rotatable bonds is 7. The summed E-state index contributed by atoms with van der Waals surface area (Å²) in [5.41, 5.74) is 4.83. The first-order valence-corrected chi connectivity index (χ1v) is 5.12. The van der Waals surface area contributed by atoms with E-state index in [4.69, 9.17) is 10.5 Å². The molecule has 0 radical (unpaired) electrons. The Bertz CT molecular complexity index is 198. The molecule has 0 fully saturated rings. The smallest absolute Gasteiger partial charge is 0.239 e. The molecule has 106 valence electrons. The quantitative estimate of drug-likeness (QED) is 0.706. The van der Waals surface area contributed by atoms with E-state index in [-0.39, 0.29) is 30.7 Å². The van der Waals surface area contributed by atoms with E-state index in [1.807, 2.05) is 7.05 Å². The van der Waals surface area contributed by atoms with Gasteiger partial charge in [-0.15, -0.1) is 24.8 Å². The summed E-state index contributed by atoms with van der Waals surface area (Å²) in [7, 11) is 3.66. The fraction of sp³-hybridized carbons (Fsp3) is 0.900. The van der Waals surface area contributed by atoms with Crippen LogP contribution in [-0.2, 0) is 9.53 Å². The molecule has 0 aromatic carbocycles. The van der Waals surface area contributed by atoms with Gasteiger partial charge >= 0.3 is 0 Å². The van der Waals surface area contributed by atoms with Gasteiger partial charge in [0.2, 0.25) is 5.91 Å². The number of nitrogens with zero attached hydrogens (tertiary/aromatic N) is 1. The minimum absolute atomic E-state index is 0. The molecule has 3 N–H and O–H groups in total. The number of methoxy groups -OCH3 is 1. The van der Waals surface area contributed by atoms with Crippen molar-refractivity contribution in [3.8, 4) is 0 Å². The highest BCUT2D eigenvalue weighted by molar-refractivity contribution is 5.85. The number of ether oxygens (including phenoxy) is 1. The van der Waals surface area contributed by atoms with Crippen molar-refractivity contribution in [2.75, 3.05) is 40.4 Å². The van der Waals surface area contributed by atoms with E-state index >= 15 is 0 Å². The number of nitrogens with two attached hydrogens (primary N) is 1. The number of nitrogens with one attached hydrogen (secondary N) is 1. The first-order chi connectivity index (χ1) is 6.88. The van der Waals surface area contributed by atoms with Crippen LogP contribution in [0.1, 0.15) is 13.8 Å². The number of hydrogen-bond acceptors (Lipinski definition) is 4. The Morgan fingerprint density at radius 1 is 1.35 bits per heavy atom. The van der Waals surface area contributed by atoms with Gasteiger partial charge in [-0.2, -0.15) is 0 Å². The lowest BCUT2D eigenvalue weighted by Gasteiger charge is -2.20. The third kappa shape index (κ3) is 12.2. The average Bonchev–Trinajstić information content (AvgIpc) is 2.13. The molecule has 0 atom stereocenters. The van der Waals surface area contributed by atoms with Gasteiger partial charge in [-0.1, -0.05) is 0 Å². The molecule has 0 aromatic rings. The van der Waals surface area contributed by atoms with Crippen LogP contribution in [0, 0.1) is 0 Å². The van der Waals surface area contributed by atoms with E-state index in [1.165, 1.54) is 0 Å². The maximum atomic E-state index is 11.4. The van der Waals surface area contributed by atoms with Crippen molar-refractivity contribution >= 4 is 30.7 Å². The molecular formula is C10H25Cl2N3O2. The van der Waals surface area contributed by atoms with Crippen LogP contribution in [0.3, 0.4) is 0 Å². The lowest BCUT2D eigenvalue weighted by molar-refractivity contribution is -0.125. The summed E-state index contributed by atoms with van der Waals surface area (Å²) in [6.07, 6.45) is 0. The third-order valence-corrected chi connectivity index (χ3v) is 2.04. The third-order valence-electron chi connectivity index (χ3n) is 2.04. The highest BCUT2D eigenvalue weighted by atomic mass is 35.5. The van der Waals surface area contributed by atoms with E-state index in [0.717, 1.165) is 13.1 Å². The van der Waals surface area contributed by atoms with Gasteiger partial charge in [0, 0.05) is 26.7 Å². The van der Waals surface area contributed by atoms with Crippen LogP contribution in [0.4, 0.5) is 0 Å². The number of likely N-dealkylation sites (N-methyl/N-ethyl adjacent to an activating group) is 1. The Kier molecular flexibility index (Phi) is 14.4. The predicted molar refractivity (Wildman–Crippen MR) is 75.1 cm³/mol. The molecule has 0 aliphatic rings. The van der Waals surface area contributed by atoms with Crippen LogP contribution in [0.2, 0.25) is 0 Å². The highest BCUT2D eigenvalue weighted by Crippen LogP contribution is 1.94.